The summed E-state index contributed by atoms with van der Waals surface area (Å²) >= 11 is 3.69. The van der Waals surface area contributed by atoms with Gasteiger partial charge in [-0.15, -0.1) is 0 Å². The Kier molecular flexibility index (Phi) is 5.90. The highest BCUT2D eigenvalue weighted by Crippen LogP contribution is 2.42. The first-order valence-corrected chi connectivity index (χ1v) is 10.3. The number of esters is 1. The molecule has 4 heteroatoms. The molecule has 1 atom stereocenters. The summed E-state index contributed by atoms with van der Waals surface area (Å²) in [6.45, 7) is 8.41. The monoisotopic (exact) mass is 440 g/mol. The van der Waals surface area contributed by atoms with Crippen LogP contribution in [-0.2, 0) is 14.9 Å². The molecule has 1 aliphatic carbocycles. The molecule has 0 spiro atoms. The Hall–Kier alpha value is -2.20. The summed E-state index contributed by atoms with van der Waals surface area (Å²) in [5.74, 6) is -0.0897. The van der Waals surface area contributed by atoms with Crippen molar-refractivity contribution in [3.05, 3.63) is 68.7 Å². The van der Waals surface area contributed by atoms with Crippen LogP contribution in [0.15, 0.2) is 40.9 Å². The van der Waals surface area contributed by atoms with Crippen molar-refractivity contribution in [2.75, 3.05) is 6.61 Å². The van der Waals surface area contributed by atoms with E-state index in [2.05, 4.69) is 41.9 Å². The zero-order valence-corrected chi connectivity index (χ0v) is 18.3. The number of halogens is 1. The Morgan fingerprint density at radius 3 is 2.54 bits per heavy atom. The third kappa shape index (κ3) is 4.12. The van der Waals surface area contributed by atoms with Crippen molar-refractivity contribution in [1.82, 2.24) is 0 Å². The van der Waals surface area contributed by atoms with Crippen LogP contribution in [0.2, 0.25) is 0 Å². The third-order valence-electron chi connectivity index (χ3n) is 5.34. The molecule has 0 saturated carbocycles. The van der Waals surface area contributed by atoms with E-state index in [1.165, 1.54) is 5.56 Å². The fourth-order valence-corrected chi connectivity index (χ4v) is 4.14. The lowest BCUT2D eigenvalue weighted by Crippen LogP contribution is -2.32. The van der Waals surface area contributed by atoms with Crippen molar-refractivity contribution < 1.29 is 14.3 Å². The summed E-state index contributed by atoms with van der Waals surface area (Å²) in [5, 5.41) is 0. The summed E-state index contributed by atoms with van der Waals surface area (Å²) < 4.78 is 6.02. The van der Waals surface area contributed by atoms with E-state index in [1.807, 2.05) is 31.2 Å². The molecule has 2 aromatic rings. The second-order valence-electron chi connectivity index (χ2n) is 7.89. The minimum Gasteiger partial charge on any atom is -0.462 e. The van der Waals surface area contributed by atoms with Gasteiger partial charge in [0, 0.05) is 16.8 Å². The van der Waals surface area contributed by atoms with Gasteiger partial charge in [0.1, 0.15) is 5.78 Å². The van der Waals surface area contributed by atoms with Crippen LogP contribution in [-0.4, -0.2) is 18.4 Å². The number of ether oxygens (including phenoxy) is 1. The van der Waals surface area contributed by atoms with Crippen LogP contribution >= 0.6 is 15.9 Å². The molecule has 3 nitrogen and oxygen atoms in total. The number of rotatable bonds is 4. The molecule has 0 amide bonds. The first-order chi connectivity index (χ1) is 13.2. The Morgan fingerprint density at radius 1 is 1.21 bits per heavy atom. The molecule has 0 N–H and O–H groups in total. The first kappa shape index (κ1) is 20.5. The molecule has 3 rings (SSSR count). The molecule has 1 aliphatic rings. The van der Waals surface area contributed by atoms with Crippen LogP contribution in [0.1, 0.15) is 72.6 Å². The molecule has 0 aromatic heterocycles. The standard InChI is InChI=1S/C24H25BrO3/c1-5-28-23(27)17-9-6-16(7-10-17)8-11-18-12-19-15(2)22(26)14-24(3,4)20(19)13-21(18)25/h6-13,15H,5,14H2,1-4H3/b11-8+. The summed E-state index contributed by atoms with van der Waals surface area (Å²) in [6.07, 6.45) is 4.61. The van der Waals surface area contributed by atoms with Gasteiger partial charge < -0.3 is 4.74 Å². The molecule has 0 heterocycles. The smallest absolute Gasteiger partial charge is 0.338 e. The van der Waals surface area contributed by atoms with Gasteiger partial charge in [0.05, 0.1) is 12.2 Å². The number of benzene rings is 2. The zero-order chi connectivity index (χ0) is 20.5. The van der Waals surface area contributed by atoms with Crippen LogP contribution in [0, 0.1) is 0 Å². The molecule has 0 fully saturated rings. The second kappa shape index (κ2) is 8.04. The van der Waals surface area contributed by atoms with E-state index in [4.69, 9.17) is 4.74 Å². The lowest BCUT2D eigenvalue weighted by Gasteiger charge is -2.35. The van der Waals surface area contributed by atoms with Gasteiger partial charge in [0.2, 0.25) is 0 Å². The second-order valence-corrected chi connectivity index (χ2v) is 8.74. The van der Waals surface area contributed by atoms with Crippen molar-refractivity contribution in [2.24, 2.45) is 0 Å². The van der Waals surface area contributed by atoms with Crippen LogP contribution in [0.5, 0.6) is 0 Å². The Morgan fingerprint density at radius 2 is 1.89 bits per heavy atom. The van der Waals surface area contributed by atoms with Gasteiger partial charge in [0.25, 0.3) is 0 Å². The molecule has 0 bridgehead atoms. The highest BCUT2D eigenvalue weighted by molar-refractivity contribution is 9.10. The van der Waals surface area contributed by atoms with E-state index in [1.54, 1.807) is 19.1 Å². The van der Waals surface area contributed by atoms with Crippen molar-refractivity contribution in [1.29, 1.82) is 0 Å². The Labute approximate surface area is 174 Å². The first-order valence-electron chi connectivity index (χ1n) is 9.55. The largest absolute Gasteiger partial charge is 0.462 e. The summed E-state index contributed by atoms with van der Waals surface area (Å²) in [5.41, 5.74) is 4.77. The number of hydrogen-bond donors (Lipinski definition) is 0. The SMILES string of the molecule is CCOC(=O)c1ccc(/C=C/c2cc3c(cc2Br)C(C)(C)CC(=O)C3C)cc1. The normalized spacial score (nSPS) is 18.2. The molecule has 0 aliphatic heterocycles. The molecule has 2 aromatic carbocycles. The van der Waals surface area contributed by atoms with Crippen molar-refractivity contribution in [3.8, 4) is 0 Å². The number of fused-ring (bicyclic) bond motifs is 1. The van der Waals surface area contributed by atoms with Crippen LogP contribution in [0.25, 0.3) is 12.2 Å². The van der Waals surface area contributed by atoms with E-state index in [0.717, 1.165) is 21.2 Å². The summed E-state index contributed by atoms with van der Waals surface area (Å²) in [7, 11) is 0. The Balaban J connectivity index is 1.89. The van der Waals surface area contributed by atoms with E-state index in [0.29, 0.717) is 24.4 Å². The fraction of sp³-hybridized carbons (Fsp3) is 0.333. The van der Waals surface area contributed by atoms with Gasteiger partial charge in [-0.05, 0) is 58.9 Å². The lowest BCUT2D eigenvalue weighted by molar-refractivity contribution is -0.121. The maximum Gasteiger partial charge on any atom is 0.338 e. The maximum atomic E-state index is 12.4. The van der Waals surface area contributed by atoms with Gasteiger partial charge in [-0.1, -0.05) is 61.0 Å². The van der Waals surface area contributed by atoms with Gasteiger partial charge in [-0.3, -0.25) is 4.79 Å². The highest BCUT2D eigenvalue weighted by atomic mass is 79.9. The molecular weight excluding hydrogens is 416 g/mol. The summed E-state index contributed by atoms with van der Waals surface area (Å²) in [4.78, 5) is 24.2. The average molecular weight is 441 g/mol. The average Bonchev–Trinajstić information content (AvgIpc) is 2.65. The van der Waals surface area contributed by atoms with Gasteiger partial charge in [-0.25, -0.2) is 4.79 Å². The van der Waals surface area contributed by atoms with Gasteiger partial charge >= 0.3 is 5.97 Å². The molecule has 146 valence electrons. The zero-order valence-electron chi connectivity index (χ0n) is 16.7. The van der Waals surface area contributed by atoms with E-state index in [9.17, 15) is 9.59 Å². The molecule has 1 unspecified atom stereocenters. The van der Waals surface area contributed by atoms with Crippen molar-refractivity contribution >= 4 is 39.8 Å². The van der Waals surface area contributed by atoms with Crippen molar-refractivity contribution in [2.45, 2.75) is 45.4 Å². The summed E-state index contributed by atoms with van der Waals surface area (Å²) in [6, 6.07) is 11.6. The number of carbonyl (C=O) groups is 2. The van der Waals surface area contributed by atoms with Crippen LogP contribution < -0.4 is 0 Å². The predicted octanol–water partition coefficient (Wildman–Crippen LogP) is 6.15. The number of ketones is 1. The predicted molar refractivity (Wildman–Crippen MR) is 117 cm³/mol. The fourth-order valence-electron chi connectivity index (χ4n) is 3.67. The molecule has 0 radical (unpaired) electrons. The van der Waals surface area contributed by atoms with Crippen LogP contribution in [0.3, 0.4) is 0 Å². The topological polar surface area (TPSA) is 43.4 Å². The Bertz CT molecular complexity index is 939. The van der Waals surface area contributed by atoms with Crippen molar-refractivity contribution in [3.63, 3.8) is 0 Å². The molecule has 28 heavy (non-hydrogen) atoms. The van der Waals surface area contributed by atoms with E-state index in [-0.39, 0.29) is 17.3 Å². The minimum absolute atomic E-state index is 0.0767. The number of carbonyl (C=O) groups excluding carboxylic acids is 2. The number of hydrogen-bond acceptors (Lipinski definition) is 3. The molecular formula is C24H25BrO3. The highest BCUT2D eigenvalue weighted by Gasteiger charge is 2.36. The minimum atomic E-state index is -0.309. The van der Waals surface area contributed by atoms with E-state index >= 15 is 0 Å². The molecule has 0 saturated heterocycles. The van der Waals surface area contributed by atoms with Gasteiger partial charge in [-0.2, -0.15) is 0 Å². The maximum absolute atomic E-state index is 12.4. The van der Waals surface area contributed by atoms with Crippen LogP contribution in [0.4, 0.5) is 0 Å². The number of Topliss-reactive ketones (excluding diaryl/α,β-unsaturated/α-hetero) is 1. The van der Waals surface area contributed by atoms with E-state index < -0.39 is 0 Å². The van der Waals surface area contributed by atoms with Gasteiger partial charge in [0.15, 0.2) is 0 Å². The quantitative estimate of drug-likeness (QED) is 0.422. The lowest BCUT2D eigenvalue weighted by atomic mass is 9.68. The third-order valence-corrected chi connectivity index (χ3v) is 6.03.